The van der Waals surface area contributed by atoms with Crippen molar-refractivity contribution in [3.8, 4) is 0 Å². The fourth-order valence-corrected chi connectivity index (χ4v) is 1.85. The fraction of sp³-hybridized carbons (Fsp3) is 0.900. The van der Waals surface area contributed by atoms with Crippen LogP contribution in [0.5, 0.6) is 0 Å². The molecule has 2 unspecified atom stereocenters. The number of carboxylic acids is 1. The molecule has 4 heteroatoms. The van der Waals surface area contributed by atoms with Crippen LogP contribution in [0.15, 0.2) is 0 Å². The quantitative estimate of drug-likeness (QED) is 0.648. The Hall–Kier alpha value is -0.610. The summed E-state index contributed by atoms with van der Waals surface area (Å²) >= 11 is 0. The van der Waals surface area contributed by atoms with Gasteiger partial charge >= 0.3 is 5.97 Å². The van der Waals surface area contributed by atoms with Crippen molar-refractivity contribution < 1.29 is 14.6 Å². The third kappa shape index (κ3) is 3.64. The summed E-state index contributed by atoms with van der Waals surface area (Å²) in [5.74, 6) is -0.866. The standard InChI is InChI=1S/C10H19NO3/c1-11-5-6-14-9-4-2-3-8(7-9)10(12)13/h8-9,11H,2-7H2,1H3,(H,12,13). The first-order chi connectivity index (χ1) is 6.74. The van der Waals surface area contributed by atoms with Crippen molar-refractivity contribution in [1.82, 2.24) is 5.32 Å². The lowest BCUT2D eigenvalue weighted by molar-refractivity contribution is -0.144. The van der Waals surface area contributed by atoms with Gasteiger partial charge in [-0.2, -0.15) is 0 Å². The first-order valence-corrected chi connectivity index (χ1v) is 5.23. The number of carboxylic acid groups (broad SMARTS) is 1. The number of aliphatic carboxylic acids is 1. The van der Waals surface area contributed by atoms with E-state index in [1.807, 2.05) is 7.05 Å². The van der Waals surface area contributed by atoms with Crippen molar-refractivity contribution in [3.05, 3.63) is 0 Å². The van der Waals surface area contributed by atoms with Crippen LogP contribution in [0, 0.1) is 5.92 Å². The molecule has 1 saturated carbocycles. The summed E-state index contributed by atoms with van der Waals surface area (Å²) < 4.78 is 5.58. The molecular weight excluding hydrogens is 182 g/mol. The predicted octanol–water partition coefficient (Wildman–Crippen LogP) is 0.866. The van der Waals surface area contributed by atoms with Gasteiger partial charge in [-0.15, -0.1) is 0 Å². The van der Waals surface area contributed by atoms with Crippen molar-refractivity contribution in [3.63, 3.8) is 0 Å². The van der Waals surface area contributed by atoms with Gasteiger partial charge in [-0.1, -0.05) is 6.42 Å². The Balaban J connectivity index is 2.22. The van der Waals surface area contributed by atoms with Crippen molar-refractivity contribution in [1.29, 1.82) is 0 Å². The van der Waals surface area contributed by atoms with Crippen molar-refractivity contribution in [2.45, 2.75) is 31.8 Å². The van der Waals surface area contributed by atoms with E-state index in [0.717, 1.165) is 25.8 Å². The molecule has 2 N–H and O–H groups in total. The van der Waals surface area contributed by atoms with Gasteiger partial charge in [0.1, 0.15) is 0 Å². The zero-order chi connectivity index (χ0) is 10.4. The summed E-state index contributed by atoms with van der Waals surface area (Å²) in [6, 6.07) is 0. The molecular formula is C10H19NO3. The van der Waals surface area contributed by atoms with Gasteiger partial charge in [0, 0.05) is 6.54 Å². The predicted molar refractivity (Wildman–Crippen MR) is 53.3 cm³/mol. The zero-order valence-electron chi connectivity index (χ0n) is 8.66. The molecule has 0 saturated heterocycles. The second-order valence-electron chi connectivity index (χ2n) is 3.80. The minimum Gasteiger partial charge on any atom is -0.481 e. The molecule has 0 amide bonds. The zero-order valence-corrected chi connectivity index (χ0v) is 8.66. The molecule has 4 nitrogen and oxygen atoms in total. The van der Waals surface area contributed by atoms with Crippen LogP contribution in [0.25, 0.3) is 0 Å². The Morgan fingerprint density at radius 1 is 1.57 bits per heavy atom. The Labute approximate surface area is 84.6 Å². The highest BCUT2D eigenvalue weighted by Crippen LogP contribution is 2.26. The molecule has 0 aliphatic heterocycles. The van der Waals surface area contributed by atoms with Crippen LogP contribution in [0.1, 0.15) is 25.7 Å². The molecule has 0 aromatic carbocycles. The number of likely N-dealkylation sites (N-methyl/N-ethyl adjacent to an activating group) is 1. The third-order valence-corrected chi connectivity index (χ3v) is 2.68. The lowest BCUT2D eigenvalue weighted by atomic mass is 9.87. The van der Waals surface area contributed by atoms with Crippen LogP contribution < -0.4 is 5.32 Å². The number of rotatable bonds is 5. The van der Waals surface area contributed by atoms with E-state index in [9.17, 15) is 4.79 Å². The monoisotopic (exact) mass is 201 g/mol. The summed E-state index contributed by atoms with van der Waals surface area (Å²) in [4.78, 5) is 10.8. The molecule has 1 fully saturated rings. The van der Waals surface area contributed by atoms with Gasteiger partial charge in [-0.25, -0.2) is 0 Å². The van der Waals surface area contributed by atoms with E-state index in [0.29, 0.717) is 13.0 Å². The maximum absolute atomic E-state index is 10.8. The summed E-state index contributed by atoms with van der Waals surface area (Å²) in [6.07, 6.45) is 3.62. The molecule has 0 heterocycles. The first-order valence-electron chi connectivity index (χ1n) is 5.23. The van der Waals surface area contributed by atoms with E-state index in [1.54, 1.807) is 0 Å². The van der Waals surface area contributed by atoms with Gasteiger partial charge in [-0.3, -0.25) is 4.79 Å². The number of nitrogens with one attached hydrogen (secondary N) is 1. The minimum atomic E-state index is -0.674. The molecule has 0 aromatic rings. The van der Waals surface area contributed by atoms with Crippen molar-refractivity contribution in [2.75, 3.05) is 20.2 Å². The van der Waals surface area contributed by atoms with Gasteiger partial charge in [0.15, 0.2) is 0 Å². The summed E-state index contributed by atoms with van der Waals surface area (Å²) in [5.41, 5.74) is 0. The molecule has 0 radical (unpaired) electrons. The average Bonchev–Trinajstić information content (AvgIpc) is 2.19. The van der Waals surface area contributed by atoms with E-state index in [2.05, 4.69) is 5.32 Å². The number of hydrogen-bond acceptors (Lipinski definition) is 3. The SMILES string of the molecule is CNCCOC1CCCC(C(=O)O)C1. The second kappa shape index (κ2) is 5.98. The topological polar surface area (TPSA) is 58.6 Å². The molecule has 82 valence electrons. The molecule has 2 atom stereocenters. The number of carbonyl (C=O) groups is 1. The maximum Gasteiger partial charge on any atom is 0.306 e. The van der Waals surface area contributed by atoms with Crippen LogP contribution >= 0.6 is 0 Å². The third-order valence-electron chi connectivity index (χ3n) is 2.68. The lowest BCUT2D eigenvalue weighted by Crippen LogP contribution is -2.29. The Bertz CT molecular complexity index is 184. The van der Waals surface area contributed by atoms with E-state index in [-0.39, 0.29) is 12.0 Å². The van der Waals surface area contributed by atoms with Crippen LogP contribution in [0.3, 0.4) is 0 Å². The highest BCUT2D eigenvalue weighted by molar-refractivity contribution is 5.70. The van der Waals surface area contributed by atoms with E-state index in [1.165, 1.54) is 0 Å². The molecule has 0 aromatic heterocycles. The minimum absolute atomic E-state index is 0.151. The summed E-state index contributed by atoms with van der Waals surface area (Å²) in [7, 11) is 1.88. The van der Waals surface area contributed by atoms with Gasteiger partial charge in [-0.05, 0) is 26.3 Å². The highest BCUT2D eigenvalue weighted by atomic mass is 16.5. The number of hydrogen-bond donors (Lipinski definition) is 2. The average molecular weight is 201 g/mol. The smallest absolute Gasteiger partial charge is 0.306 e. The Morgan fingerprint density at radius 2 is 2.36 bits per heavy atom. The molecule has 0 spiro atoms. The fourth-order valence-electron chi connectivity index (χ4n) is 1.85. The molecule has 1 aliphatic carbocycles. The van der Waals surface area contributed by atoms with Gasteiger partial charge < -0.3 is 15.2 Å². The largest absolute Gasteiger partial charge is 0.481 e. The van der Waals surface area contributed by atoms with E-state index in [4.69, 9.17) is 9.84 Å². The first kappa shape index (κ1) is 11.5. The van der Waals surface area contributed by atoms with E-state index < -0.39 is 5.97 Å². The lowest BCUT2D eigenvalue weighted by Gasteiger charge is -2.26. The van der Waals surface area contributed by atoms with Crippen LogP contribution in [0.2, 0.25) is 0 Å². The molecule has 1 rings (SSSR count). The summed E-state index contributed by atoms with van der Waals surface area (Å²) in [6.45, 7) is 1.50. The van der Waals surface area contributed by atoms with Gasteiger partial charge in [0.05, 0.1) is 18.6 Å². The molecule has 1 aliphatic rings. The van der Waals surface area contributed by atoms with Crippen molar-refractivity contribution >= 4 is 5.97 Å². The Kier molecular flexibility index (Phi) is 4.90. The molecule has 0 bridgehead atoms. The number of ether oxygens (including phenoxy) is 1. The highest BCUT2D eigenvalue weighted by Gasteiger charge is 2.27. The molecule has 14 heavy (non-hydrogen) atoms. The Morgan fingerprint density at radius 3 is 3.00 bits per heavy atom. The second-order valence-corrected chi connectivity index (χ2v) is 3.80. The van der Waals surface area contributed by atoms with Crippen LogP contribution in [0.4, 0.5) is 0 Å². The van der Waals surface area contributed by atoms with Gasteiger partial charge in [0.25, 0.3) is 0 Å². The normalized spacial score (nSPS) is 27.5. The summed E-state index contributed by atoms with van der Waals surface area (Å²) in [5, 5.41) is 11.9. The van der Waals surface area contributed by atoms with Crippen LogP contribution in [-0.2, 0) is 9.53 Å². The van der Waals surface area contributed by atoms with Crippen LogP contribution in [-0.4, -0.2) is 37.4 Å². The van der Waals surface area contributed by atoms with E-state index >= 15 is 0 Å². The maximum atomic E-state index is 10.8. The van der Waals surface area contributed by atoms with Crippen molar-refractivity contribution in [2.24, 2.45) is 5.92 Å². The van der Waals surface area contributed by atoms with Gasteiger partial charge in [0.2, 0.25) is 0 Å².